The minimum atomic E-state index is -5.79. The molecule has 0 saturated carbocycles. The summed E-state index contributed by atoms with van der Waals surface area (Å²) in [4.78, 5) is 0. The maximum atomic E-state index is 12.1. The van der Waals surface area contributed by atoms with E-state index >= 15 is 0 Å². The van der Waals surface area contributed by atoms with E-state index in [1.165, 1.54) is 6.92 Å². The van der Waals surface area contributed by atoms with Gasteiger partial charge in [-0.3, -0.25) is 0 Å². The highest BCUT2D eigenvalue weighted by molar-refractivity contribution is 4.94. The molecule has 0 atom stereocenters. The van der Waals surface area contributed by atoms with Gasteiger partial charge < -0.3 is 9.84 Å². The Morgan fingerprint density at radius 1 is 1.12 bits per heavy atom. The number of halogens is 6. The van der Waals surface area contributed by atoms with E-state index in [-0.39, 0.29) is 6.61 Å². The Kier molecular flexibility index (Phi) is 5.02. The van der Waals surface area contributed by atoms with E-state index in [0.717, 1.165) is 0 Å². The highest BCUT2D eigenvalue weighted by Crippen LogP contribution is 2.45. The number of hydrogen-bond donors (Lipinski definition) is 1. The van der Waals surface area contributed by atoms with Gasteiger partial charge in [-0.25, -0.2) is 0 Å². The highest BCUT2D eigenvalue weighted by atomic mass is 19.4. The Morgan fingerprint density at radius 3 is 1.82 bits per heavy atom. The Morgan fingerprint density at radius 2 is 1.53 bits per heavy atom. The summed E-state index contributed by atoms with van der Waals surface area (Å²) in [5, 5.41) is 8.70. The molecular weight excluding hydrogens is 254 g/mol. The molecule has 0 unspecified atom stereocenters. The third-order valence-electron chi connectivity index (χ3n) is 1.89. The summed E-state index contributed by atoms with van der Waals surface area (Å²) in [5.74, 6) is 0. The van der Waals surface area contributed by atoms with E-state index in [2.05, 4.69) is 11.3 Å². The molecule has 0 aromatic heterocycles. The van der Waals surface area contributed by atoms with Crippen LogP contribution in [0.1, 0.15) is 13.3 Å². The minimum absolute atomic E-state index is 0.161. The molecule has 0 amide bonds. The van der Waals surface area contributed by atoms with E-state index in [0.29, 0.717) is 5.57 Å². The molecule has 102 valence electrons. The molecule has 0 radical (unpaired) electrons. The van der Waals surface area contributed by atoms with Gasteiger partial charge in [-0.1, -0.05) is 12.2 Å². The average molecular weight is 266 g/mol. The fourth-order valence-electron chi connectivity index (χ4n) is 0.910. The van der Waals surface area contributed by atoms with Crippen LogP contribution in [-0.4, -0.2) is 36.3 Å². The van der Waals surface area contributed by atoms with Crippen molar-refractivity contribution in [3.05, 3.63) is 12.2 Å². The fraction of sp³-hybridized carbons (Fsp3) is 0.778. The van der Waals surface area contributed by atoms with Crippen molar-refractivity contribution in [3.8, 4) is 0 Å². The second kappa shape index (κ2) is 5.26. The van der Waals surface area contributed by atoms with Crippen molar-refractivity contribution in [2.75, 3.05) is 13.2 Å². The lowest BCUT2D eigenvalue weighted by Gasteiger charge is -2.32. The first-order valence-electron chi connectivity index (χ1n) is 4.50. The van der Waals surface area contributed by atoms with Crippen LogP contribution in [-0.2, 0) is 4.74 Å². The van der Waals surface area contributed by atoms with Crippen LogP contribution in [0.5, 0.6) is 0 Å². The van der Waals surface area contributed by atoms with Crippen LogP contribution in [0.4, 0.5) is 26.3 Å². The molecule has 0 saturated heterocycles. The molecule has 0 aliphatic heterocycles. The third-order valence-corrected chi connectivity index (χ3v) is 1.89. The van der Waals surface area contributed by atoms with Gasteiger partial charge in [-0.15, -0.1) is 0 Å². The molecule has 0 bridgehead atoms. The molecule has 2 nitrogen and oxygen atoms in total. The number of aliphatic hydroxyl groups is 1. The number of alkyl halides is 6. The predicted octanol–water partition coefficient (Wildman–Crippen LogP) is 2.82. The molecule has 0 spiro atoms. The standard InChI is InChI=1S/C9H12F6O2/c1-6(2)5-17-4-3-7(16,8(10,11)12)9(13,14)15/h16H,1,3-5H2,2H3. The number of ether oxygens (including phenoxy) is 1. The Bertz CT molecular complexity index is 254. The first-order valence-corrected chi connectivity index (χ1v) is 4.50. The first kappa shape index (κ1) is 16.2. The van der Waals surface area contributed by atoms with Gasteiger partial charge in [-0.2, -0.15) is 26.3 Å². The van der Waals surface area contributed by atoms with Crippen molar-refractivity contribution < 1.29 is 36.2 Å². The van der Waals surface area contributed by atoms with Gasteiger partial charge >= 0.3 is 12.4 Å². The van der Waals surface area contributed by atoms with Gasteiger partial charge in [0.15, 0.2) is 0 Å². The van der Waals surface area contributed by atoms with Crippen molar-refractivity contribution >= 4 is 0 Å². The summed E-state index contributed by atoms with van der Waals surface area (Å²) >= 11 is 0. The maximum absolute atomic E-state index is 12.1. The zero-order chi connectivity index (χ0) is 13.9. The second-order valence-electron chi connectivity index (χ2n) is 3.62. The first-order chi connectivity index (χ1) is 7.42. The van der Waals surface area contributed by atoms with Crippen LogP contribution >= 0.6 is 0 Å². The quantitative estimate of drug-likeness (QED) is 0.471. The molecule has 1 N–H and O–H groups in total. The van der Waals surface area contributed by atoms with Crippen LogP contribution in [0, 0.1) is 0 Å². The lowest BCUT2D eigenvalue weighted by Crippen LogP contribution is -2.57. The lowest BCUT2D eigenvalue weighted by atomic mass is 9.99. The van der Waals surface area contributed by atoms with Gasteiger partial charge in [0.05, 0.1) is 13.2 Å². The predicted molar refractivity (Wildman–Crippen MR) is 47.3 cm³/mol. The van der Waals surface area contributed by atoms with Crippen molar-refractivity contribution in [1.29, 1.82) is 0 Å². The Hall–Kier alpha value is -0.760. The zero-order valence-electron chi connectivity index (χ0n) is 8.95. The topological polar surface area (TPSA) is 29.5 Å². The molecule has 0 rings (SSSR count). The smallest absolute Gasteiger partial charge is 0.377 e. The van der Waals surface area contributed by atoms with E-state index < -0.39 is 31.0 Å². The van der Waals surface area contributed by atoms with Crippen molar-refractivity contribution in [2.24, 2.45) is 0 Å². The lowest BCUT2D eigenvalue weighted by molar-refractivity contribution is -0.371. The van der Waals surface area contributed by atoms with Crippen molar-refractivity contribution in [1.82, 2.24) is 0 Å². The molecule has 0 aliphatic carbocycles. The largest absolute Gasteiger partial charge is 0.426 e. The molecule has 0 heterocycles. The summed E-state index contributed by atoms with van der Waals surface area (Å²) in [7, 11) is 0. The maximum Gasteiger partial charge on any atom is 0.426 e. The summed E-state index contributed by atoms with van der Waals surface area (Å²) in [6.45, 7) is 3.82. The van der Waals surface area contributed by atoms with Crippen LogP contribution in [0.2, 0.25) is 0 Å². The minimum Gasteiger partial charge on any atom is -0.377 e. The molecule has 0 fully saturated rings. The van der Waals surface area contributed by atoms with Crippen LogP contribution < -0.4 is 0 Å². The van der Waals surface area contributed by atoms with E-state index in [4.69, 9.17) is 5.11 Å². The van der Waals surface area contributed by atoms with Gasteiger partial charge in [0.2, 0.25) is 0 Å². The van der Waals surface area contributed by atoms with Crippen LogP contribution in [0.3, 0.4) is 0 Å². The van der Waals surface area contributed by atoms with Crippen LogP contribution in [0.25, 0.3) is 0 Å². The monoisotopic (exact) mass is 266 g/mol. The average Bonchev–Trinajstić information content (AvgIpc) is 2.07. The van der Waals surface area contributed by atoms with Gasteiger partial charge in [-0.05, 0) is 6.92 Å². The van der Waals surface area contributed by atoms with Crippen molar-refractivity contribution in [3.63, 3.8) is 0 Å². The summed E-state index contributed by atoms with van der Waals surface area (Å²) in [6.07, 6.45) is -13.2. The summed E-state index contributed by atoms with van der Waals surface area (Å²) in [5.41, 5.74) is -4.29. The zero-order valence-corrected chi connectivity index (χ0v) is 8.95. The number of hydrogen-bond acceptors (Lipinski definition) is 2. The second-order valence-corrected chi connectivity index (χ2v) is 3.62. The highest BCUT2D eigenvalue weighted by Gasteiger charge is 2.69. The van der Waals surface area contributed by atoms with Gasteiger partial charge in [0.25, 0.3) is 5.60 Å². The van der Waals surface area contributed by atoms with Gasteiger partial charge in [0, 0.05) is 6.42 Å². The summed E-state index contributed by atoms with van der Waals surface area (Å²) in [6, 6.07) is 0. The van der Waals surface area contributed by atoms with E-state index in [1.54, 1.807) is 0 Å². The molecule has 0 aromatic rings. The Balaban J connectivity index is 4.59. The van der Waals surface area contributed by atoms with Crippen LogP contribution in [0.15, 0.2) is 12.2 Å². The molecule has 17 heavy (non-hydrogen) atoms. The summed E-state index contributed by atoms with van der Waals surface area (Å²) < 4.78 is 77.4. The molecule has 0 aromatic carbocycles. The SMILES string of the molecule is C=C(C)COCCC(O)(C(F)(F)F)C(F)(F)F. The van der Waals surface area contributed by atoms with E-state index in [1.807, 2.05) is 0 Å². The Labute approximate surface area is 93.9 Å². The third kappa shape index (κ3) is 4.19. The van der Waals surface area contributed by atoms with E-state index in [9.17, 15) is 26.3 Å². The van der Waals surface area contributed by atoms with Crippen molar-refractivity contribution in [2.45, 2.75) is 31.3 Å². The number of rotatable bonds is 5. The molecule has 8 heteroatoms. The normalized spacial score (nSPS) is 13.9. The molecular formula is C9H12F6O2. The van der Waals surface area contributed by atoms with Gasteiger partial charge in [0.1, 0.15) is 0 Å². The molecule has 0 aliphatic rings. The fourth-order valence-corrected chi connectivity index (χ4v) is 0.910.